The van der Waals surface area contributed by atoms with Crippen LogP contribution in [0.4, 0.5) is 11.5 Å². The van der Waals surface area contributed by atoms with Crippen LogP contribution in [0.15, 0.2) is 28.9 Å². The zero-order valence-corrected chi connectivity index (χ0v) is 12.0. The van der Waals surface area contributed by atoms with E-state index in [1.165, 1.54) is 0 Å². The maximum Gasteiger partial charge on any atom is 0.141 e. The van der Waals surface area contributed by atoms with Crippen LogP contribution >= 0.6 is 15.9 Å². The maximum absolute atomic E-state index is 5.78. The van der Waals surface area contributed by atoms with Crippen LogP contribution in [0.3, 0.4) is 0 Å². The number of nitrogens with zero attached hydrogens (tertiary/aromatic N) is 2. The van der Waals surface area contributed by atoms with Gasteiger partial charge in [0.1, 0.15) is 5.82 Å². The van der Waals surface area contributed by atoms with Gasteiger partial charge in [-0.15, -0.1) is 0 Å². The van der Waals surface area contributed by atoms with Crippen molar-refractivity contribution >= 4 is 27.4 Å². The molecule has 0 saturated carbocycles. The number of halogens is 1. The molecule has 2 rings (SSSR count). The SMILES string of the molecule is Cc1cccc(CNc2ncc(N)c(C)c2Br)n1. The Morgan fingerprint density at radius 3 is 2.83 bits per heavy atom. The molecule has 0 aromatic carbocycles. The highest BCUT2D eigenvalue weighted by atomic mass is 79.9. The van der Waals surface area contributed by atoms with Gasteiger partial charge in [-0.1, -0.05) is 6.07 Å². The van der Waals surface area contributed by atoms with E-state index in [4.69, 9.17) is 5.73 Å². The van der Waals surface area contributed by atoms with Gasteiger partial charge < -0.3 is 11.1 Å². The molecule has 4 nitrogen and oxygen atoms in total. The van der Waals surface area contributed by atoms with E-state index in [0.717, 1.165) is 27.2 Å². The molecule has 5 heteroatoms. The van der Waals surface area contributed by atoms with E-state index in [1.54, 1.807) is 6.20 Å². The summed E-state index contributed by atoms with van der Waals surface area (Å²) in [6.07, 6.45) is 1.66. The first-order chi connectivity index (χ1) is 8.58. The van der Waals surface area contributed by atoms with Crippen LogP contribution in [0.5, 0.6) is 0 Å². The number of anilines is 2. The number of nitrogen functional groups attached to an aromatic ring is 1. The van der Waals surface area contributed by atoms with E-state index in [2.05, 4.69) is 31.2 Å². The van der Waals surface area contributed by atoms with Crippen molar-refractivity contribution in [1.82, 2.24) is 9.97 Å². The minimum absolute atomic E-state index is 0.636. The number of aryl methyl sites for hydroxylation is 1. The molecule has 2 aromatic rings. The van der Waals surface area contributed by atoms with E-state index >= 15 is 0 Å². The van der Waals surface area contributed by atoms with Crippen molar-refractivity contribution in [3.8, 4) is 0 Å². The topological polar surface area (TPSA) is 63.8 Å². The standard InChI is InChI=1S/C13H15BrN4/c1-8-4-3-5-10(18-8)6-16-13-12(14)9(2)11(15)7-17-13/h3-5,7H,6,15H2,1-2H3,(H,16,17). The van der Waals surface area contributed by atoms with Crippen molar-refractivity contribution in [3.05, 3.63) is 45.8 Å². The third kappa shape index (κ3) is 2.79. The summed E-state index contributed by atoms with van der Waals surface area (Å²) in [7, 11) is 0. The Kier molecular flexibility index (Phi) is 3.81. The van der Waals surface area contributed by atoms with Crippen molar-refractivity contribution in [2.24, 2.45) is 0 Å². The molecule has 0 amide bonds. The fraction of sp³-hybridized carbons (Fsp3) is 0.231. The van der Waals surface area contributed by atoms with Crippen LogP contribution in [-0.4, -0.2) is 9.97 Å². The highest BCUT2D eigenvalue weighted by Crippen LogP contribution is 2.27. The van der Waals surface area contributed by atoms with Crippen LogP contribution < -0.4 is 11.1 Å². The molecule has 0 unspecified atom stereocenters. The lowest BCUT2D eigenvalue weighted by atomic mass is 10.2. The molecule has 0 spiro atoms. The summed E-state index contributed by atoms with van der Waals surface area (Å²) in [4.78, 5) is 8.69. The summed E-state index contributed by atoms with van der Waals surface area (Å²) < 4.78 is 0.898. The molecule has 94 valence electrons. The lowest BCUT2D eigenvalue weighted by Gasteiger charge is -2.10. The Labute approximate surface area is 115 Å². The molecule has 0 aliphatic carbocycles. The summed E-state index contributed by atoms with van der Waals surface area (Å²) >= 11 is 3.49. The van der Waals surface area contributed by atoms with Crippen LogP contribution in [0.25, 0.3) is 0 Å². The van der Waals surface area contributed by atoms with E-state index in [0.29, 0.717) is 12.2 Å². The first-order valence-corrected chi connectivity index (χ1v) is 6.44. The first kappa shape index (κ1) is 12.8. The molecule has 18 heavy (non-hydrogen) atoms. The highest BCUT2D eigenvalue weighted by molar-refractivity contribution is 9.10. The Balaban J connectivity index is 2.14. The van der Waals surface area contributed by atoms with Gasteiger partial charge in [-0.3, -0.25) is 4.98 Å². The number of pyridine rings is 2. The quantitative estimate of drug-likeness (QED) is 0.915. The third-order valence-corrected chi connectivity index (χ3v) is 3.66. The fourth-order valence-corrected chi connectivity index (χ4v) is 2.06. The average Bonchev–Trinajstić information content (AvgIpc) is 2.35. The Bertz CT molecular complexity index is 569. The molecule has 0 fully saturated rings. The minimum atomic E-state index is 0.636. The van der Waals surface area contributed by atoms with Gasteiger partial charge in [-0.05, 0) is 47.5 Å². The summed E-state index contributed by atoms with van der Waals surface area (Å²) in [6, 6.07) is 5.96. The second kappa shape index (κ2) is 5.35. The van der Waals surface area contributed by atoms with Gasteiger partial charge in [0.25, 0.3) is 0 Å². The van der Waals surface area contributed by atoms with Gasteiger partial charge in [-0.25, -0.2) is 4.98 Å². The molecule has 2 heterocycles. The van der Waals surface area contributed by atoms with Gasteiger partial charge in [0.15, 0.2) is 0 Å². The molecule has 3 N–H and O–H groups in total. The number of nitrogens with two attached hydrogens (primary N) is 1. The van der Waals surface area contributed by atoms with E-state index in [1.807, 2.05) is 32.0 Å². The predicted octanol–water partition coefficient (Wildman–Crippen LogP) is 3.05. The van der Waals surface area contributed by atoms with Gasteiger partial charge in [-0.2, -0.15) is 0 Å². The smallest absolute Gasteiger partial charge is 0.141 e. The summed E-state index contributed by atoms with van der Waals surface area (Å²) in [5.74, 6) is 0.782. The monoisotopic (exact) mass is 306 g/mol. The van der Waals surface area contributed by atoms with Gasteiger partial charge >= 0.3 is 0 Å². The first-order valence-electron chi connectivity index (χ1n) is 5.65. The van der Waals surface area contributed by atoms with Crippen molar-refractivity contribution in [3.63, 3.8) is 0 Å². The normalized spacial score (nSPS) is 10.4. The fourth-order valence-electron chi connectivity index (χ4n) is 1.59. The van der Waals surface area contributed by atoms with E-state index < -0.39 is 0 Å². The maximum atomic E-state index is 5.78. The average molecular weight is 307 g/mol. The summed E-state index contributed by atoms with van der Waals surface area (Å²) in [5, 5.41) is 3.25. The van der Waals surface area contributed by atoms with Gasteiger partial charge in [0.2, 0.25) is 0 Å². The molecule has 0 saturated heterocycles. The lowest BCUT2D eigenvalue weighted by Crippen LogP contribution is -2.06. The van der Waals surface area contributed by atoms with Crippen LogP contribution in [0.1, 0.15) is 17.0 Å². The molecular formula is C13H15BrN4. The van der Waals surface area contributed by atoms with Crippen molar-refractivity contribution < 1.29 is 0 Å². The van der Waals surface area contributed by atoms with Crippen molar-refractivity contribution in [1.29, 1.82) is 0 Å². The molecule has 0 aliphatic rings. The molecule has 0 aliphatic heterocycles. The lowest BCUT2D eigenvalue weighted by molar-refractivity contribution is 1.00. The van der Waals surface area contributed by atoms with Crippen LogP contribution in [0.2, 0.25) is 0 Å². The third-order valence-electron chi connectivity index (χ3n) is 2.69. The Morgan fingerprint density at radius 2 is 2.11 bits per heavy atom. The van der Waals surface area contributed by atoms with Crippen LogP contribution in [-0.2, 0) is 6.54 Å². The minimum Gasteiger partial charge on any atom is -0.397 e. The largest absolute Gasteiger partial charge is 0.397 e. The highest BCUT2D eigenvalue weighted by Gasteiger charge is 2.07. The second-order valence-corrected chi connectivity index (χ2v) is 4.92. The molecular weight excluding hydrogens is 292 g/mol. The molecule has 0 atom stereocenters. The second-order valence-electron chi connectivity index (χ2n) is 4.12. The van der Waals surface area contributed by atoms with Crippen LogP contribution in [0, 0.1) is 13.8 Å². The zero-order valence-electron chi connectivity index (χ0n) is 10.4. The molecule has 2 aromatic heterocycles. The van der Waals surface area contributed by atoms with Crippen molar-refractivity contribution in [2.75, 3.05) is 11.1 Å². The number of aromatic nitrogens is 2. The Hall–Kier alpha value is -1.62. The number of hydrogen-bond acceptors (Lipinski definition) is 4. The summed E-state index contributed by atoms with van der Waals surface area (Å²) in [6.45, 7) is 4.57. The van der Waals surface area contributed by atoms with E-state index in [-0.39, 0.29) is 0 Å². The van der Waals surface area contributed by atoms with Gasteiger partial charge in [0.05, 0.1) is 28.6 Å². The number of hydrogen-bond donors (Lipinski definition) is 2. The Morgan fingerprint density at radius 1 is 1.33 bits per heavy atom. The van der Waals surface area contributed by atoms with Gasteiger partial charge in [0, 0.05) is 5.69 Å². The number of nitrogens with one attached hydrogen (secondary N) is 1. The number of rotatable bonds is 3. The molecule has 0 bridgehead atoms. The predicted molar refractivity (Wildman–Crippen MR) is 77.4 cm³/mol. The van der Waals surface area contributed by atoms with E-state index in [9.17, 15) is 0 Å². The van der Waals surface area contributed by atoms with Crippen molar-refractivity contribution in [2.45, 2.75) is 20.4 Å². The zero-order chi connectivity index (χ0) is 13.1. The molecule has 0 radical (unpaired) electrons. The summed E-state index contributed by atoms with van der Waals surface area (Å²) in [5.41, 5.74) is 9.45.